The summed E-state index contributed by atoms with van der Waals surface area (Å²) in [5.74, 6) is 3.61. The Bertz CT molecular complexity index is 579. The predicted molar refractivity (Wildman–Crippen MR) is 103 cm³/mol. The van der Waals surface area contributed by atoms with Crippen LogP contribution in [0.4, 0.5) is 0 Å². The minimum atomic E-state index is 0.246. The maximum absolute atomic E-state index is 13.0. The molecule has 3 nitrogen and oxygen atoms in total. The highest BCUT2D eigenvalue weighted by Crippen LogP contribution is 2.42. The fraction of sp³-hybridized carbons (Fsp3) is 0.667. The van der Waals surface area contributed by atoms with Gasteiger partial charge in [0.15, 0.2) is 0 Å². The maximum atomic E-state index is 13.0. The van der Waals surface area contributed by atoms with Crippen LogP contribution in [-0.4, -0.2) is 35.7 Å². The lowest BCUT2D eigenvalue weighted by Crippen LogP contribution is -2.49. The molecule has 1 heterocycles. The van der Waals surface area contributed by atoms with Crippen LogP contribution < -0.4 is 5.73 Å². The molecular weight excluding hydrogens is 328 g/mol. The fourth-order valence-corrected chi connectivity index (χ4v) is 6.20. The van der Waals surface area contributed by atoms with Crippen LogP contribution in [-0.2, 0) is 4.79 Å². The predicted octanol–water partition coefficient (Wildman–Crippen LogP) is 3.78. The summed E-state index contributed by atoms with van der Waals surface area (Å²) in [7, 11) is 0. The van der Waals surface area contributed by atoms with Crippen molar-refractivity contribution in [1.29, 1.82) is 0 Å². The van der Waals surface area contributed by atoms with E-state index in [1.54, 1.807) is 0 Å². The zero-order chi connectivity index (χ0) is 17.2. The molecule has 4 rings (SSSR count). The molecule has 0 radical (unpaired) electrons. The van der Waals surface area contributed by atoms with Gasteiger partial charge in [-0.25, -0.2) is 0 Å². The van der Waals surface area contributed by atoms with E-state index in [0.717, 1.165) is 38.1 Å². The Hall–Kier alpha value is -1.00. The van der Waals surface area contributed by atoms with Gasteiger partial charge < -0.3 is 10.6 Å². The molecule has 1 aromatic carbocycles. The minimum absolute atomic E-state index is 0.246. The number of fused-ring (bicyclic) bond motifs is 2. The van der Waals surface area contributed by atoms with E-state index in [4.69, 9.17) is 5.73 Å². The van der Waals surface area contributed by atoms with E-state index in [2.05, 4.69) is 35.2 Å². The lowest BCUT2D eigenvalue weighted by atomic mass is 9.65. The van der Waals surface area contributed by atoms with Crippen LogP contribution in [0.2, 0.25) is 0 Å². The van der Waals surface area contributed by atoms with E-state index < -0.39 is 0 Å². The minimum Gasteiger partial charge on any atom is -0.342 e. The number of benzene rings is 1. The smallest absolute Gasteiger partial charge is 0.225 e. The molecule has 3 unspecified atom stereocenters. The van der Waals surface area contributed by atoms with Gasteiger partial charge in [0.2, 0.25) is 5.91 Å². The van der Waals surface area contributed by atoms with E-state index in [1.165, 1.54) is 24.2 Å². The van der Waals surface area contributed by atoms with Crippen LogP contribution in [0.1, 0.15) is 38.5 Å². The normalized spacial score (nSPS) is 34.9. The number of rotatable bonds is 4. The molecule has 3 aliphatic rings. The number of hydrogen-bond acceptors (Lipinski definition) is 3. The summed E-state index contributed by atoms with van der Waals surface area (Å²) >= 11 is 1.93. The first kappa shape index (κ1) is 17.4. The van der Waals surface area contributed by atoms with Crippen molar-refractivity contribution in [2.24, 2.45) is 29.4 Å². The molecule has 2 aliphatic carbocycles. The number of nitrogens with zero attached hydrogens (tertiary/aromatic N) is 1. The molecule has 136 valence electrons. The van der Waals surface area contributed by atoms with Gasteiger partial charge in [0.05, 0.1) is 0 Å². The molecule has 1 aliphatic heterocycles. The van der Waals surface area contributed by atoms with Gasteiger partial charge in [0.1, 0.15) is 0 Å². The van der Waals surface area contributed by atoms with Crippen molar-refractivity contribution in [3.8, 4) is 0 Å². The zero-order valence-corrected chi connectivity index (χ0v) is 15.8. The molecular formula is C21H30N2OS. The summed E-state index contributed by atoms with van der Waals surface area (Å²) in [5, 5.41) is 0. The summed E-state index contributed by atoms with van der Waals surface area (Å²) in [6, 6.07) is 10.9. The first-order valence-corrected chi connectivity index (χ1v) is 10.9. The molecule has 2 bridgehead atoms. The second-order valence-electron chi connectivity index (χ2n) is 8.26. The third kappa shape index (κ3) is 3.90. The number of thioether (sulfide) groups is 1. The van der Waals surface area contributed by atoms with Crippen LogP contribution in [0.25, 0.3) is 0 Å². The molecule has 1 aromatic rings. The van der Waals surface area contributed by atoms with Crippen molar-refractivity contribution in [2.45, 2.75) is 49.5 Å². The maximum Gasteiger partial charge on any atom is 0.225 e. The third-order valence-electron chi connectivity index (χ3n) is 6.59. The van der Waals surface area contributed by atoms with Gasteiger partial charge in [-0.05, 0) is 62.0 Å². The van der Waals surface area contributed by atoms with E-state index in [1.807, 2.05) is 11.8 Å². The lowest BCUT2D eigenvalue weighted by molar-refractivity contribution is -0.137. The zero-order valence-electron chi connectivity index (χ0n) is 15.0. The van der Waals surface area contributed by atoms with Crippen molar-refractivity contribution in [3.63, 3.8) is 0 Å². The van der Waals surface area contributed by atoms with Crippen molar-refractivity contribution in [3.05, 3.63) is 30.3 Å². The van der Waals surface area contributed by atoms with E-state index >= 15 is 0 Å². The van der Waals surface area contributed by atoms with Crippen LogP contribution in [0.3, 0.4) is 0 Å². The van der Waals surface area contributed by atoms with Crippen LogP contribution in [0, 0.1) is 23.7 Å². The van der Waals surface area contributed by atoms with Gasteiger partial charge in [-0.1, -0.05) is 24.6 Å². The highest BCUT2D eigenvalue weighted by atomic mass is 32.2. The second kappa shape index (κ2) is 7.71. The van der Waals surface area contributed by atoms with Crippen molar-refractivity contribution >= 4 is 17.7 Å². The van der Waals surface area contributed by atoms with Gasteiger partial charge in [-0.2, -0.15) is 0 Å². The van der Waals surface area contributed by atoms with Crippen molar-refractivity contribution in [2.75, 3.05) is 18.8 Å². The molecule has 2 N–H and O–H groups in total. The van der Waals surface area contributed by atoms with Crippen LogP contribution in [0.5, 0.6) is 0 Å². The Morgan fingerprint density at radius 1 is 1.12 bits per heavy atom. The summed E-state index contributed by atoms with van der Waals surface area (Å²) < 4.78 is 0. The van der Waals surface area contributed by atoms with E-state index in [9.17, 15) is 4.79 Å². The largest absolute Gasteiger partial charge is 0.342 e. The van der Waals surface area contributed by atoms with Gasteiger partial charge in [-0.3, -0.25) is 4.79 Å². The average molecular weight is 359 g/mol. The summed E-state index contributed by atoms with van der Waals surface area (Å²) in [6.07, 6.45) is 7.01. The summed E-state index contributed by atoms with van der Waals surface area (Å²) in [4.78, 5) is 16.5. The SMILES string of the molecule is NC1C2CCCC1CC(C(=O)N1CCC(CSc3ccccc3)C1)C2. The van der Waals surface area contributed by atoms with Gasteiger partial charge in [0, 0.05) is 35.7 Å². The molecule has 3 atom stereocenters. The highest BCUT2D eigenvalue weighted by molar-refractivity contribution is 7.99. The first-order chi connectivity index (χ1) is 12.2. The number of carbonyl (C=O) groups is 1. The number of hydrogen-bond donors (Lipinski definition) is 1. The summed E-state index contributed by atoms with van der Waals surface area (Å²) in [6.45, 7) is 1.91. The van der Waals surface area contributed by atoms with Gasteiger partial charge in [-0.15, -0.1) is 11.8 Å². The molecule has 3 fully saturated rings. The standard InChI is InChI=1S/C21H30N2OS/c22-20-16-5-4-6-17(20)12-18(11-16)21(24)23-10-9-15(13-23)14-25-19-7-2-1-3-8-19/h1-3,7-8,15-18,20H,4-6,9-14,22H2. The molecule has 0 spiro atoms. The van der Waals surface area contributed by atoms with Crippen molar-refractivity contribution in [1.82, 2.24) is 4.90 Å². The Kier molecular flexibility index (Phi) is 5.37. The first-order valence-electron chi connectivity index (χ1n) is 9.93. The third-order valence-corrected chi connectivity index (χ3v) is 7.83. The van der Waals surface area contributed by atoms with Crippen molar-refractivity contribution < 1.29 is 4.79 Å². The van der Waals surface area contributed by atoms with Gasteiger partial charge in [0.25, 0.3) is 0 Å². The van der Waals surface area contributed by atoms with Gasteiger partial charge >= 0.3 is 0 Å². The lowest BCUT2D eigenvalue weighted by Gasteiger charge is -2.44. The van der Waals surface area contributed by atoms with E-state index in [-0.39, 0.29) is 5.92 Å². The molecule has 1 saturated heterocycles. The Morgan fingerprint density at radius 3 is 2.56 bits per heavy atom. The number of nitrogens with two attached hydrogens (primary N) is 1. The van der Waals surface area contributed by atoms with Crippen LogP contribution >= 0.6 is 11.8 Å². The molecule has 1 amide bonds. The molecule has 0 aromatic heterocycles. The Morgan fingerprint density at radius 2 is 1.84 bits per heavy atom. The quantitative estimate of drug-likeness (QED) is 0.833. The molecule has 2 saturated carbocycles. The number of amides is 1. The Labute approximate surface area is 155 Å². The average Bonchev–Trinajstić information content (AvgIpc) is 3.09. The Balaban J connectivity index is 1.29. The molecule has 4 heteroatoms. The molecule has 25 heavy (non-hydrogen) atoms. The van der Waals surface area contributed by atoms with E-state index in [0.29, 0.717) is 29.7 Å². The fourth-order valence-electron chi connectivity index (χ4n) is 5.15. The second-order valence-corrected chi connectivity index (χ2v) is 9.35. The monoisotopic (exact) mass is 358 g/mol. The number of likely N-dealkylation sites (tertiary alicyclic amines) is 1. The summed E-state index contributed by atoms with van der Waals surface area (Å²) in [5.41, 5.74) is 6.39. The van der Waals surface area contributed by atoms with Crippen LogP contribution in [0.15, 0.2) is 35.2 Å². The highest BCUT2D eigenvalue weighted by Gasteiger charge is 2.42. The number of carbonyl (C=O) groups excluding carboxylic acids is 1. The topological polar surface area (TPSA) is 46.3 Å².